The van der Waals surface area contributed by atoms with E-state index < -0.39 is 12.1 Å². The molecule has 0 spiro atoms. The van der Waals surface area contributed by atoms with E-state index in [4.69, 9.17) is 10.8 Å². The highest BCUT2D eigenvalue weighted by molar-refractivity contribution is 5.85. The summed E-state index contributed by atoms with van der Waals surface area (Å²) in [6.07, 6.45) is -0.570. The predicted molar refractivity (Wildman–Crippen MR) is 42.1 cm³/mol. The molecule has 0 fully saturated rings. The van der Waals surface area contributed by atoms with Crippen molar-refractivity contribution in [3.05, 3.63) is 17.5 Å². The van der Waals surface area contributed by atoms with Crippen LogP contribution in [0.3, 0.4) is 0 Å². The highest BCUT2D eigenvalue weighted by Crippen LogP contribution is 2.16. The molecule has 0 aromatic carbocycles. The van der Waals surface area contributed by atoms with Gasteiger partial charge >= 0.3 is 5.97 Å². The monoisotopic (exact) mass is 186 g/mol. The number of aromatic carboxylic acids is 1. The van der Waals surface area contributed by atoms with Crippen molar-refractivity contribution in [1.29, 1.82) is 0 Å². The third kappa shape index (κ3) is 2.27. The fourth-order valence-corrected chi connectivity index (χ4v) is 0.847. The zero-order chi connectivity index (χ0) is 9.84. The Morgan fingerprint density at radius 3 is 2.92 bits per heavy atom. The van der Waals surface area contributed by atoms with Crippen molar-refractivity contribution in [3.8, 4) is 0 Å². The number of aliphatic hydroxyl groups excluding tert-OH is 1. The van der Waals surface area contributed by atoms with Gasteiger partial charge in [-0.15, -0.1) is 0 Å². The summed E-state index contributed by atoms with van der Waals surface area (Å²) in [6.45, 7) is 0.296. The molecule has 0 radical (unpaired) electrons. The third-order valence-corrected chi connectivity index (χ3v) is 1.52. The second kappa shape index (κ2) is 4.01. The van der Waals surface area contributed by atoms with Crippen LogP contribution in [0.4, 0.5) is 0 Å². The van der Waals surface area contributed by atoms with Gasteiger partial charge in [-0.25, -0.2) is 4.79 Å². The molecule has 1 aromatic heterocycles. The van der Waals surface area contributed by atoms with Crippen LogP contribution < -0.4 is 5.73 Å². The van der Waals surface area contributed by atoms with Crippen molar-refractivity contribution < 1.29 is 19.5 Å². The molecular formula is C7H10N2O4. The fourth-order valence-electron chi connectivity index (χ4n) is 0.847. The van der Waals surface area contributed by atoms with Crippen LogP contribution >= 0.6 is 0 Å². The minimum absolute atomic E-state index is 0.128. The van der Waals surface area contributed by atoms with Crippen LogP contribution in [0, 0.1) is 0 Å². The summed E-state index contributed by atoms with van der Waals surface area (Å²) in [6, 6.07) is 1.18. The summed E-state index contributed by atoms with van der Waals surface area (Å²) in [7, 11) is 0. The van der Waals surface area contributed by atoms with Gasteiger partial charge in [0.25, 0.3) is 0 Å². The number of carboxylic acids is 1. The Hall–Kier alpha value is -1.40. The normalized spacial score (nSPS) is 12.8. The molecule has 0 saturated heterocycles. The van der Waals surface area contributed by atoms with Crippen LogP contribution in [-0.4, -0.2) is 27.9 Å². The summed E-state index contributed by atoms with van der Waals surface area (Å²) in [5, 5.41) is 21.0. The Bertz CT molecular complexity index is 296. The van der Waals surface area contributed by atoms with E-state index in [1.165, 1.54) is 6.07 Å². The van der Waals surface area contributed by atoms with Crippen LogP contribution in [0.25, 0.3) is 0 Å². The number of rotatable bonds is 4. The van der Waals surface area contributed by atoms with Gasteiger partial charge in [-0.2, -0.15) is 0 Å². The maximum atomic E-state index is 10.4. The Labute approximate surface area is 73.9 Å². The molecule has 0 amide bonds. The summed E-state index contributed by atoms with van der Waals surface area (Å²) in [5.74, 6) is -1.06. The third-order valence-electron chi connectivity index (χ3n) is 1.52. The van der Waals surface area contributed by atoms with Gasteiger partial charge in [-0.1, -0.05) is 5.16 Å². The van der Waals surface area contributed by atoms with Gasteiger partial charge in [0.1, 0.15) is 6.10 Å². The molecule has 6 heteroatoms. The van der Waals surface area contributed by atoms with E-state index in [0.717, 1.165) is 0 Å². The van der Waals surface area contributed by atoms with E-state index >= 15 is 0 Å². The van der Waals surface area contributed by atoms with Gasteiger partial charge in [-0.05, 0) is 13.0 Å². The number of nitrogens with two attached hydrogens (primary N) is 1. The van der Waals surface area contributed by atoms with E-state index in [-0.39, 0.29) is 11.5 Å². The Morgan fingerprint density at radius 2 is 2.46 bits per heavy atom. The van der Waals surface area contributed by atoms with E-state index in [1.54, 1.807) is 0 Å². The molecule has 4 N–H and O–H groups in total. The minimum atomic E-state index is -1.19. The molecular weight excluding hydrogens is 176 g/mol. The Kier molecular flexibility index (Phi) is 2.99. The molecule has 1 atom stereocenters. The van der Waals surface area contributed by atoms with Crippen LogP contribution in [-0.2, 0) is 0 Å². The maximum Gasteiger partial charge on any atom is 0.358 e. The summed E-state index contributed by atoms with van der Waals surface area (Å²) in [4.78, 5) is 10.4. The molecule has 0 aliphatic rings. The second-order valence-electron chi connectivity index (χ2n) is 2.51. The maximum absolute atomic E-state index is 10.4. The van der Waals surface area contributed by atoms with E-state index in [9.17, 15) is 9.90 Å². The van der Waals surface area contributed by atoms with Gasteiger partial charge in [0.2, 0.25) is 0 Å². The van der Waals surface area contributed by atoms with Gasteiger partial charge in [-0.3, -0.25) is 0 Å². The molecule has 0 saturated carbocycles. The molecule has 1 unspecified atom stereocenters. The lowest BCUT2D eigenvalue weighted by molar-refractivity contribution is 0.0684. The minimum Gasteiger partial charge on any atom is -0.476 e. The predicted octanol–water partition coefficient (Wildman–Crippen LogP) is -0.245. The van der Waals surface area contributed by atoms with Crippen LogP contribution in [0.1, 0.15) is 28.8 Å². The van der Waals surface area contributed by atoms with Crippen LogP contribution in [0.2, 0.25) is 0 Å². The summed E-state index contributed by atoms with van der Waals surface area (Å²) in [5.41, 5.74) is 4.98. The second-order valence-corrected chi connectivity index (χ2v) is 2.51. The van der Waals surface area contributed by atoms with Gasteiger partial charge in [0.05, 0.1) is 0 Å². The summed E-state index contributed by atoms with van der Waals surface area (Å²) >= 11 is 0. The highest BCUT2D eigenvalue weighted by Gasteiger charge is 2.16. The molecule has 0 bridgehead atoms. The molecule has 1 rings (SSSR count). The molecule has 1 aromatic rings. The first-order chi connectivity index (χ1) is 6.15. The van der Waals surface area contributed by atoms with Crippen molar-refractivity contribution in [2.45, 2.75) is 12.5 Å². The molecule has 0 aliphatic carbocycles. The lowest BCUT2D eigenvalue weighted by Crippen LogP contribution is -2.05. The first-order valence-electron chi connectivity index (χ1n) is 3.73. The lowest BCUT2D eigenvalue weighted by atomic mass is 10.2. The molecule has 13 heavy (non-hydrogen) atoms. The van der Waals surface area contributed by atoms with Crippen LogP contribution in [0.15, 0.2) is 10.6 Å². The topological polar surface area (TPSA) is 110 Å². The van der Waals surface area contributed by atoms with Gasteiger partial charge in [0, 0.05) is 6.07 Å². The molecule has 0 aliphatic heterocycles. The van der Waals surface area contributed by atoms with Crippen molar-refractivity contribution >= 4 is 5.97 Å². The SMILES string of the molecule is NCCC(O)c1cc(C(=O)O)no1. The van der Waals surface area contributed by atoms with Crippen LogP contribution in [0.5, 0.6) is 0 Å². The number of hydrogen-bond acceptors (Lipinski definition) is 5. The van der Waals surface area contributed by atoms with Gasteiger partial charge in [0.15, 0.2) is 11.5 Å². The number of aliphatic hydroxyl groups is 1. The first kappa shape index (κ1) is 9.69. The Morgan fingerprint density at radius 1 is 1.77 bits per heavy atom. The Balaban J connectivity index is 2.73. The zero-order valence-corrected chi connectivity index (χ0v) is 6.80. The highest BCUT2D eigenvalue weighted by atomic mass is 16.5. The number of nitrogens with zero attached hydrogens (tertiary/aromatic N) is 1. The van der Waals surface area contributed by atoms with Crippen molar-refractivity contribution in [3.63, 3.8) is 0 Å². The fraction of sp³-hybridized carbons (Fsp3) is 0.429. The average molecular weight is 186 g/mol. The average Bonchev–Trinajstić information content (AvgIpc) is 2.52. The number of carboxylic acid groups (broad SMARTS) is 1. The largest absolute Gasteiger partial charge is 0.476 e. The molecule has 6 nitrogen and oxygen atoms in total. The van der Waals surface area contributed by atoms with Crippen molar-refractivity contribution in [1.82, 2.24) is 5.16 Å². The molecule has 1 heterocycles. The number of carbonyl (C=O) groups is 1. The number of aromatic nitrogens is 1. The van der Waals surface area contributed by atoms with Crippen molar-refractivity contribution in [2.24, 2.45) is 5.73 Å². The zero-order valence-electron chi connectivity index (χ0n) is 6.80. The van der Waals surface area contributed by atoms with Crippen molar-refractivity contribution in [2.75, 3.05) is 6.54 Å². The van der Waals surface area contributed by atoms with E-state index in [1.807, 2.05) is 0 Å². The van der Waals surface area contributed by atoms with E-state index in [0.29, 0.717) is 13.0 Å². The molecule has 72 valence electrons. The first-order valence-corrected chi connectivity index (χ1v) is 3.73. The van der Waals surface area contributed by atoms with Gasteiger partial charge < -0.3 is 20.5 Å². The van der Waals surface area contributed by atoms with E-state index in [2.05, 4.69) is 9.68 Å². The number of hydrogen-bond donors (Lipinski definition) is 3. The lowest BCUT2D eigenvalue weighted by Gasteiger charge is -2.02. The smallest absolute Gasteiger partial charge is 0.358 e. The standard InChI is InChI=1S/C7H10N2O4/c8-2-1-5(10)6-3-4(7(11)12)9-13-6/h3,5,10H,1-2,8H2,(H,11,12). The summed E-state index contributed by atoms with van der Waals surface area (Å²) < 4.78 is 4.60. The quantitative estimate of drug-likeness (QED) is 0.598.